The molecule has 0 bridgehead atoms. The summed E-state index contributed by atoms with van der Waals surface area (Å²) >= 11 is 0. The lowest BCUT2D eigenvalue weighted by atomic mass is 9.95. The molecule has 2 aromatic rings. The monoisotopic (exact) mass is 464 g/mol. The number of nitrogens with zero attached hydrogens (tertiary/aromatic N) is 1. The quantitative estimate of drug-likeness (QED) is 0.225. The number of para-hydroxylation sites is 1. The van der Waals surface area contributed by atoms with Crippen molar-refractivity contribution in [1.82, 2.24) is 10.7 Å². The Labute approximate surface area is 200 Å². The topological polar surface area (TPSA) is 109 Å². The zero-order valence-corrected chi connectivity index (χ0v) is 19.5. The van der Waals surface area contributed by atoms with Gasteiger partial charge in [-0.1, -0.05) is 44.7 Å². The van der Waals surface area contributed by atoms with Crippen molar-refractivity contribution in [3.63, 3.8) is 0 Å². The zero-order valence-electron chi connectivity index (χ0n) is 19.5. The minimum absolute atomic E-state index is 0.139. The third-order valence-electron chi connectivity index (χ3n) is 5.59. The lowest BCUT2D eigenvalue weighted by molar-refractivity contribution is -0.136. The number of benzene rings is 2. The van der Waals surface area contributed by atoms with Crippen molar-refractivity contribution in [1.29, 1.82) is 0 Å². The predicted molar refractivity (Wildman–Crippen MR) is 132 cm³/mol. The molecule has 1 aliphatic rings. The van der Waals surface area contributed by atoms with E-state index in [2.05, 4.69) is 28.1 Å². The van der Waals surface area contributed by atoms with E-state index in [1.54, 1.807) is 36.4 Å². The molecule has 8 nitrogen and oxygen atoms in total. The van der Waals surface area contributed by atoms with Gasteiger partial charge in [0.25, 0.3) is 5.91 Å². The molecule has 0 atom stereocenters. The summed E-state index contributed by atoms with van der Waals surface area (Å²) in [6.45, 7) is 2.77. The van der Waals surface area contributed by atoms with Gasteiger partial charge < -0.3 is 15.4 Å². The average Bonchev–Trinajstić information content (AvgIpc) is 2.86. The molecule has 0 radical (unpaired) electrons. The molecule has 3 N–H and O–H groups in total. The van der Waals surface area contributed by atoms with Gasteiger partial charge >= 0.3 is 11.8 Å². The van der Waals surface area contributed by atoms with Crippen molar-refractivity contribution in [2.24, 2.45) is 5.10 Å². The smallest absolute Gasteiger partial charge is 0.329 e. The van der Waals surface area contributed by atoms with E-state index in [1.807, 2.05) is 12.1 Å². The van der Waals surface area contributed by atoms with Gasteiger partial charge in [-0.25, -0.2) is 5.43 Å². The zero-order chi connectivity index (χ0) is 24.2. The average molecular weight is 465 g/mol. The van der Waals surface area contributed by atoms with Gasteiger partial charge in [-0.05, 0) is 61.2 Å². The first-order chi connectivity index (χ1) is 16.6. The highest BCUT2D eigenvalue weighted by Gasteiger charge is 2.20. The van der Waals surface area contributed by atoms with E-state index in [9.17, 15) is 14.4 Å². The van der Waals surface area contributed by atoms with Crippen LogP contribution in [0.3, 0.4) is 0 Å². The lowest BCUT2D eigenvalue weighted by Crippen LogP contribution is -2.37. The third kappa shape index (κ3) is 7.72. The van der Waals surface area contributed by atoms with E-state index in [0.29, 0.717) is 12.2 Å². The number of hydrazone groups is 1. The molecule has 0 heterocycles. The molecule has 34 heavy (non-hydrogen) atoms. The summed E-state index contributed by atoms with van der Waals surface area (Å²) in [5.41, 5.74) is 3.55. The number of unbranched alkanes of at least 4 members (excludes halogenated alkanes) is 1. The molecule has 0 spiro atoms. The van der Waals surface area contributed by atoms with Crippen LogP contribution in [0.5, 0.6) is 5.75 Å². The number of carbonyl (C=O) groups is 3. The number of ether oxygens (including phenoxy) is 1. The highest BCUT2D eigenvalue weighted by atomic mass is 16.5. The van der Waals surface area contributed by atoms with Crippen molar-refractivity contribution >= 4 is 29.6 Å². The summed E-state index contributed by atoms with van der Waals surface area (Å²) in [5, 5.41) is 9.37. The maximum absolute atomic E-state index is 12.7. The normalized spacial score (nSPS) is 13.9. The third-order valence-corrected chi connectivity index (χ3v) is 5.59. The molecule has 0 saturated heterocycles. The van der Waals surface area contributed by atoms with Gasteiger partial charge in [-0.2, -0.15) is 5.10 Å². The lowest BCUT2D eigenvalue weighted by Gasteiger charge is -2.23. The molecule has 1 saturated carbocycles. The number of hydrogen-bond donors (Lipinski definition) is 3. The second-order valence-corrected chi connectivity index (χ2v) is 8.28. The molecule has 1 fully saturated rings. The second kappa shape index (κ2) is 13.1. The number of hydrogen-bond acceptors (Lipinski definition) is 5. The molecule has 0 unspecified atom stereocenters. The summed E-state index contributed by atoms with van der Waals surface area (Å²) in [7, 11) is 0. The molecular weight excluding hydrogens is 432 g/mol. The van der Waals surface area contributed by atoms with Crippen LogP contribution in [0.1, 0.15) is 67.8 Å². The number of rotatable bonds is 9. The van der Waals surface area contributed by atoms with Crippen molar-refractivity contribution in [2.45, 2.75) is 57.9 Å². The molecule has 0 aliphatic heterocycles. The Morgan fingerprint density at radius 1 is 1.00 bits per heavy atom. The minimum Gasteiger partial charge on any atom is -0.494 e. The summed E-state index contributed by atoms with van der Waals surface area (Å²) in [4.78, 5) is 37.2. The molecule has 3 rings (SSSR count). The fraction of sp³-hybridized carbons (Fsp3) is 0.385. The number of anilines is 1. The van der Waals surface area contributed by atoms with Crippen LogP contribution in [-0.2, 0) is 9.59 Å². The van der Waals surface area contributed by atoms with Crippen LogP contribution < -0.4 is 20.8 Å². The second-order valence-electron chi connectivity index (χ2n) is 8.28. The Morgan fingerprint density at radius 3 is 2.47 bits per heavy atom. The summed E-state index contributed by atoms with van der Waals surface area (Å²) in [6.07, 6.45) is 8.79. The van der Waals surface area contributed by atoms with Crippen LogP contribution in [0.4, 0.5) is 5.69 Å². The molecule has 1 aliphatic carbocycles. The van der Waals surface area contributed by atoms with Gasteiger partial charge in [0.2, 0.25) is 0 Å². The van der Waals surface area contributed by atoms with E-state index in [1.165, 1.54) is 12.6 Å². The Balaban J connectivity index is 1.51. The Kier molecular flexibility index (Phi) is 9.64. The molecule has 180 valence electrons. The Bertz CT molecular complexity index is 998. The van der Waals surface area contributed by atoms with E-state index in [4.69, 9.17) is 4.74 Å². The van der Waals surface area contributed by atoms with Gasteiger partial charge in [-0.3, -0.25) is 14.4 Å². The summed E-state index contributed by atoms with van der Waals surface area (Å²) in [6, 6.07) is 14.0. The molecule has 2 aromatic carbocycles. The summed E-state index contributed by atoms with van der Waals surface area (Å²) in [5.74, 6) is -1.34. The van der Waals surface area contributed by atoms with E-state index in [0.717, 1.165) is 49.8 Å². The van der Waals surface area contributed by atoms with Gasteiger partial charge in [0.15, 0.2) is 0 Å². The number of nitrogens with one attached hydrogen (secondary N) is 3. The van der Waals surface area contributed by atoms with Gasteiger partial charge in [0, 0.05) is 6.04 Å². The minimum atomic E-state index is -0.932. The standard InChI is InChI=1S/C26H32N4O4/c1-2-3-17-34-21-15-13-19(14-16-21)18-27-30-26(33)25(32)29-23-12-8-7-11-22(23)24(31)28-20-9-5-4-6-10-20/h7-8,11-16,18,20H,2-6,9-10,17H2,1H3,(H,28,31)(H,29,32)(H,30,33). The molecule has 0 aromatic heterocycles. The van der Waals surface area contributed by atoms with Crippen LogP contribution in [-0.4, -0.2) is 36.6 Å². The first-order valence-corrected chi connectivity index (χ1v) is 11.8. The predicted octanol–water partition coefficient (Wildman–Crippen LogP) is 4.02. The van der Waals surface area contributed by atoms with Crippen LogP contribution >= 0.6 is 0 Å². The van der Waals surface area contributed by atoms with E-state index < -0.39 is 11.8 Å². The number of carbonyl (C=O) groups excluding carboxylic acids is 3. The van der Waals surface area contributed by atoms with E-state index in [-0.39, 0.29) is 17.6 Å². The Morgan fingerprint density at radius 2 is 1.74 bits per heavy atom. The van der Waals surface area contributed by atoms with Crippen molar-refractivity contribution in [3.05, 3.63) is 59.7 Å². The van der Waals surface area contributed by atoms with Crippen molar-refractivity contribution < 1.29 is 19.1 Å². The summed E-state index contributed by atoms with van der Waals surface area (Å²) < 4.78 is 5.61. The first kappa shape index (κ1) is 25.0. The van der Waals surface area contributed by atoms with Crippen LogP contribution in [0.25, 0.3) is 0 Å². The highest BCUT2D eigenvalue weighted by molar-refractivity contribution is 6.40. The van der Waals surface area contributed by atoms with Gasteiger partial charge in [0.05, 0.1) is 24.1 Å². The van der Waals surface area contributed by atoms with E-state index >= 15 is 0 Å². The van der Waals surface area contributed by atoms with Crippen molar-refractivity contribution in [3.8, 4) is 5.75 Å². The van der Waals surface area contributed by atoms with Crippen LogP contribution in [0.15, 0.2) is 53.6 Å². The Hall–Kier alpha value is -3.68. The first-order valence-electron chi connectivity index (χ1n) is 11.8. The maximum Gasteiger partial charge on any atom is 0.329 e. The fourth-order valence-corrected chi connectivity index (χ4v) is 3.68. The molecular formula is C26H32N4O4. The molecule has 3 amide bonds. The SMILES string of the molecule is CCCCOc1ccc(C=NNC(=O)C(=O)Nc2ccccc2C(=O)NC2CCCCC2)cc1. The van der Waals surface area contributed by atoms with Gasteiger partial charge in [0.1, 0.15) is 5.75 Å². The van der Waals surface area contributed by atoms with Crippen LogP contribution in [0, 0.1) is 0 Å². The fourth-order valence-electron chi connectivity index (χ4n) is 3.68. The molecule has 8 heteroatoms. The maximum atomic E-state index is 12.7. The van der Waals surface area contributed by atoms with Crippen molar-refractivity contribution in [2.75, 3.05) is 11.9 Å². The highest BCUT2D eigenvalue weighted by Crippen LogP contribution is 2.20. The number of amides is 3. The van der Waals surface area contributed by atoms with Crippen LogP contribution in [0.2, 0.25) is 0 Å². The largest absolute Gasteiger partial charge is 0.494 e. The van der Waals surface area contributed by atoms with Gasteiger partial charge in [-0.15, -0.1) is 0 Å².